The lowest BCUT2D eigenvalue weighted by Gasteiger charge is -2.26. The van der Waals surface area contributed by atoms with E-state index in [2.05, 4.69) is 222 Å². The largest absolute Gasteiger partial charge is 0.311 e. The Morgan fingerprint density at radius 3 is 1.55 bits per heavy atom. The fourth-order valence-electron chi connectivity index (χ4n) is 8.50. The predicted octanol–water partition coefficient (Wildman–Crippen LogP) is 14.4. The van der Waals surface area contributed by atoms with Gasteiger partial charge in [-0.1, -0.05) is 152 Å². The van der Waals surface area contributed by atoms with Gasteiger partial charge in [0.15, 0.2) is 0 Å². The van der Waals surface area contributed by atoms with Crippen LogP contribution < -0.4 is 4.90 Å². The third-order valence-electron chi connectivity index (χ3n) is 11.2. The van der Waals surface area contributed by atoms with Gasteiger partial charge in [0.25, 0.3) is 0 Å². The summed E-state index contributed by atoms with van der Waals surface area (Å²) in [4.78, 5) is 13.1. The molecule has 0 aliphatic heterocycles. The van der Waals surface area contributed by atoms with E-state index in [4.69, 9.17) is 9.97 Å². The number of rotatable bonds is 7. The molecule has 272 valence electrons. The molecule has 0 aliphatic rings. The van der Waals surface area contributed by atoms with Crippen molar-refractivity contribution >= 4 is 60.7 Å². The van der Waals surface area contributed by atoms with Gasteiger partial charge in [-0.3, -0.25) is 0 Å². The van der Waals surface area contributed by atoms with Gasteiger partial charge in [-0.05, 0) is 83.1 Å². The van der Waals surface area contributed by atoms with Crippen molar-refractivity contribution < 1.29 is 0 Å². The van der Waals surface area contributed by atoms with Crippen molar-refractivity contribution in [2.45, 2.75) is 0 Å². The van der Waals surface area contributed by atoms with Crippen LogP contribution in [0, 0.1) is 0 Å². The standard InChI is InChI=1S/C54H36N4/c1-3-16-38(17-4-1)52-53(56-54-48(25-14-26-49(54)55-52)45-24-13-18-37-15-7-8-21-44(37)45)39-29-31-41(32-30-39)57(40-19-5-2-6-20-40)42-33-35-43(36-34-42)58-50-27-11-9-22-46(50)47-23-10-12-28-51(47)58/h1-36H. The summed E-state index contributed by atoms with van der Waals surface area (Å²) < 4.78 is 2.36. The number of hydrogen-bond donors (Lipinski definition) is 0. The third kappa shape index (κ3) is 5.70. The Bertz CT molecular complexity index is 3200. The third-order valence-corrected chi connectivity index (χ3v) is 11.2. The molecule has 0 atom stereocenters. The number of anilines is 3. The fourth-order valence-corrected chi connectivity index (χ4v) is 8.50. The molecule has 0 saturated carbocycles. The van der Waals surface area contributed by atoms with Crippen LogP contribution in [0.4, 0.5) is 17.1 Å². The Hall–Kier alpha value is -7.82. The second-order valence-corrected chi connectivity index (χ2v) is 14.6. The molecule has 2 heterocycles. The van der Waals surface area contributed by atoms with Crippen LogP contribution >= 0.6 is 0 Å². The minimum absolute atomic E-state index is 0.847. The summed E-state index contributed by atoms with van der Waals surface area (Å²) in [5, 5.41) is 4.90. The SMILES string of the molecule is c1ccc(-c2nc3cccc(-c4cccc5ccccc45)c3nc2-c2ccc(N(c3ccccc3)c3ccc(-n4c5ccccc5c5ccccc54)cc3)cc2)cc1. The summed E-state index contributed by atoms with van der Waals surface area (Å²) in [5.41, 5.74) is 14.4. The van der Waals surface area contributed by atoms with E-state index in [-0.39, 0.29) is 0 Å². The van der Waals surface area contributed by atoms with Crippen LogP contribution in [-0.2, 0) is 0 Å². The molecule has 0 saturated heterocycles. The number of aromatic nitrogens is 3. The van der Waals surface area contributed by atoms with E-state index in [1.807, 2.05) is 6.07 Å². The molecule has 0 fully saturated rings. The lowest BCUT2D eigenvalue weighted by atomic mass is 9.96. The number of para-hydroxylation sites is 4. The lowest BCUT2D eigenvalue weighted by molar-refractivity contribution is 1.17. The molecule has 2 aromatic heterocycles. The van der Waals surface area contributed by atoms with Gasteiger partial charge < -0.3 is 9.47 Å². The Kier molecular flexibility index (Phi) is 8.11. The Balaban J connectivity index is 1.03. The Morgan fingerprint density at radius 1 is 0.345 bits per heavy atom. The molecule has 0 N–H and O–H groups in total. The molecule has 0 spiro atoms. The summed E-state index contributed by atoms with van der Waals surface area (Å²) in [6, 6.07) is 77.2. The molecule has 0 bridgehead atoms. The minimum atomic E-state index is 0.847. The van der Waals surface area contributed by atoms with Crippen LogP contribution in [0.25, 0.3) is 82.9 Å². The molecule has 0 unspecified atom stereocenters. The molecular formula is C54H36N4. The molecule has 4 nitrogen and oxygen atoms in total. The fraction of sp³-hybridized carbons (Fsp3) is 0. The molecule has 11 aromatic rings. The number of fused-ring (bicyclic) bond motifs is 5. The van der Waals surface area contributed by atoms with E-state index in [0.717, 1.165) is 67.4 Å². The van der Waals surface area contributed by atoms with Crippen LogP contribution in [0.3, 0.4) is 0 Å². The van der Waals surface area contributed by atoms with Crippen LogP contribution in [0.2, 0.25) is 0 Å². The second kappa shape index (κ2) is 14.0. The van der Waals surface area contributed by atoms with Crippen molar-refractivity contribution in [2.24, 2.45) is 0 Å². The van der Waals surface area contributed by atoms with Gasteiger partial charge in [0, 0.05) is 50.2 Å². The maximum absolute atomic E-state index is 5.49. The van der Waals surface area contributed by atoms with Gasteiger partial charge in [0.1, 0.15) is 0 Å². The van der Waals surface area contributed by atoms with Crippen LogP contribution in [-0.4, -0.2) is 14.5 Å². The summed E-state index contributed by atoms with van der Waals surface area (Å²) in [5.74, 6) is 0. The summed E-state index contributed by atoms with van der Waals surface area (Å²) in [7, 11) is 0. The van der Waals surface area contributed by atoms with E-state index in [1.165, 1.54) is 32.6 Å². The van der Waals surface area contributed by atoms with Crippen molar-refractivity contribution in [1.29, 1.82) is 0 Å². The first-order valence-electron chi connectivity index (χ1n) is 19.7. The maximum Gasteiger partial charge on any atom is 0.0973 e. The first-order chi connectivity index (χ1) is 28.8. The highest BCUT2D eigenvalue weighted by Crippen LogP contribution is 2.40. The highest BCUT2D eigenvalue weighted by atomic mass is 15.1. The van der Waals surface area contributed by atoms with Crippen LogP contribution in [0.1, 0.15) is 0 Å². The van der Waals surface area contributed by atoms with E-state index in [1.54, 1.807) is 0 Å². The maximum atomic E-state index is 5.49. The first-order valence-corrected chi connectivity index (χ1v) is 19.7. The normalized spacial score (nSPS) is 11.4. The smallest absolute Gasteiger partial charge is 0.0973 e. The molecule has 0 amide bonds. The monoisotopic (exact) mass is 740 g/mol. The highest BCUT2D eigenvalue weighted by molar-refractivity contribution is 6.09. The van der Waals surface area contributed by atoms with E-state index < -0.39 is 0 Å². The number of hydrogen-bond acceptors (Lipinski definition) is 3. The molecule has 58 heavy (non-hydrogen) atoms. The van der Waals surface area contributed by atoms with Crippen molar-refractivity contribution in [3.8, 4) is 39.3 Å². The molecule has 11 rings (SSSR count). The Morgan fingerprint density at radius 2 is 0.845 bits per heavy atom. The zero-order chi connectivity index (χ0) is 38.4. The van der Waals surface area contributed by atoms with Crippen molar-refractivity contribution in [1.82, 2.24) is 14.5 Å². The van der Waals surface area contributed by atoms with Crippen LogP contribution in [0.5, 0.6) is 0 Å². The van der Waals surface area contributed by atoms with Crippen molar-refractivity contribution in [2.75, 3.05) is 4.90 Å². The second-order valence-electron chi connectivity index (χ2n) is 14.6. The average molecular weight is 741 g/mol. The topological polar surface area (TPSA) is 34.0 Å². The van der Waals surface area contributed by atoms with Crippen LogP contribution in [0.15, 0.2) is 218 Å². The first kappa shape index (κ1) is 33.5. The van der Waals surface area contributed by atoms with Crippen molar-refractivity contribution in [3.63, 3.8) is 0 Å². The van der Waals surface area contributed by atoms with Gasteiger partial charge in [-0.25, -0.2) is 9.97 Å². The predicted molar refractivity (Wildman–Crippen MR) is 242 cm³/mol. The number of benzene rings is 9. The lowest BCUT2D eigenvalue weighted by Crippen LogP contribution is -2.10. The molecule has 9 aromatic carbocycles. The molecular weight excluding hydrogens is 705 g/mol. The summed E-state index contributed by atoms with van der Waals surface area (Å²) in [6.45, 7) is 0. The van der Waals surface area contributed by atoms with Gasteiger partial charge in [-0.2, -0.15) is 0 Å². The quantitative estimate of drug-likeness (QED) is 0.163. The molecule has 0 aliphatic carbocycles. The zero-order valence-corrected chi connectivity index (χ0v) is 31.6. The van der Waals surface area contributed by atoms with E-state index >= 15 is 0 Å². The van der Waals surface area contributed by atoms with Gasteiger partial charge in [0.05, 0.1) is 33.5 Å². The molecule has 0 radical (unpaired) electrons. The average Bonchev–Trinajstić information content (AvgIpc) is 3.64. The summed E-state index contributed by atoms with van der Waals surface area (Å²) in [6.07, 6.45) is 0. The molecule has 4 heteroatoms. The van der Waals surface area contributed by atoms with Crippen molar-refractivity contribution in [3.05, 3.63) is 218 Å². The number of nitrogens with zero attached hydrogens (tertiary/aromatic N) is 4. The summed E-state index contributed by atoms with van der Waals surface area (Å²) >= 11 is 0. The van der Waals surface area contributed by atoms with Gasteiger partial charge in [-0.15, -0.1) is 0 Å². The minimum Gasteiger partial charge on any atom is -0.311 e. The zero-order valence-electron chi connectivity index (χ0n) is 31.6. The van der Waals surface area contributed by atoms with E-state index in [0.29, 0.717) is 0 Å². The Labute approximate surface area is 336 Å². The van der Waals surface area contributed by atoms with E-state index in [9.17, 15) is 0 Å². The van der Waals surface area contributed by atoms with Gasteiger partial charge in [0.2, 0.25) is 0 Å². The highest BCUT2D eigenvalue weighted by Gasteiger charge is 2.19. The van der Waals surface area contributed by atoms with Gasteiger partial charge >= 0.3 is 0 Å².